The van der Waals surface area contributed by atoms with Crippen LogP contribution in [0.15, 0.2) is 36.5 Å². The molecule has 1 aromatic carbocycles. The number of aryl methyl sites for hydroxylation is 1. The van der Waals surface area contributed by atoms with Crippen LogP contribution in [0.3, 0.4) is 0 Å². The molecule has 2 aliphatic rings. The van der Waals surface area contributed by atoms with Crippen LogP contribution in [0, 0.1) is 0 Å². The van der Waals surface area contributed by atoms with E-state index >= 15 is 0 Å². The van der Waals surface area contributed by atoms with Gasteiger partial charge in [0.2, 0.25) is 0 Å². The van der Waals surface area contributed by atoms with E-state index in [9.17, 15) is 0 Å². The molecular weight excluding hydrogens is 416 g/mol. The number of anilines is 2. The zero-order valence-electron chi connectivity index (χ0n) is 19.0. The third-order valence-electron chi connectivity index (χ3n) is 7.00. The number of nitrogen functional groups attached to an aromatic ring is 1. The van der Waals surface area contributed by atoms with Crippen molar-refractivity contribution in [2.75, 3.05) is 56.4 Å². The molecule has 6 nitrogen and oxygen atoms in total. The van der Waals surface area contributed by atoms with Gasteiger partial charge in [0.05, 0.1) is 11.2 Å². The first-order chi connectivity index (χ1) is 15.7. The van der Waals surface area contributed by atoms with Crippen molar-refractivity contribution in [3.63, 3.8) is 0 Å². The Kier molecular flexibility index (Phi) is 6.57. The van der Waals surface area contributed by atoms with Crippen molar-refractivity contribution >= 4 is 33.1 Å². The van der Waals surface area contributed by atoms with E-state index in [2.05, 4.69) is 55.9 Å². The van der Waals surface area contributed by atoms with Crippen LogP contribution in [-0.4, -0.2) is 71.6 Å². The summed E-state index contributed by atoms with van der Waals surface area (Å²) in [4.78, 5) is 18.4. The van der Waals surface area contributed by atoms with Crippen molar-refractivity contribution in [1.29, 1.82) is 0 Å². The van der Waals surface area contributed by atoms with Crippen molar-refractivity contribution in [3.8, 4) is 0 Å². The number of piperazine rings is 1. The van der Waals surface area contributed by atoms with Gasteiger partial charge in [0.25, 0.3) is 0 Å². The zero-order valence-corrected chi connectivity index (χ0v) is 19.9. The van der Waals surface area contributed by atoms with E-state index in [0.29, 0.717) is 6.04 Å². The van der Waals surface area contributed by atoms with Crippen LogP contribution >= 0.6 is 11.3 Å². The molecule has 3 heterocycles. The molecule has 0 radical (unpaired) electrons. The smallest absolute Gasteiger partial charge is 0.180 e. The normalized spacial score (nSPS) is 19.6. The van der Waals surface area contributed by atoms with Crippen LogP contribution in [0.5, 0.6) is 0 Å². The van der Waals surface area contributed by atoms with Gasteiger partial charge in [0.15, 0.2) is 5.13 Å². The highest BCUT2D eigenvalue weighted by Crippen LogP contribution is 2.30. The van der Waals surface area contributed by atoms with E-state index in [1.807, 2.05) is 12.3 Å². The minimum atomic E-state index is 0.631. The summed E-state index contributed by atoms with van der Waals surface area (Å²) < 4.78 is 0. The van der Waals surface area contributed by atoms with E-state index in [-0.39, 0.29) is 0 Å². The summed E-state index contributed by atoms with van der Waals surface area (Å²) in [6, 6.07) is 11.3. The summed E-state index contributed by atoms with van der Waals surface area (Å²) in [5.41, 5.74) is 9.62. The first-order valence-electron chi connectivity index (χ1n) is 12.0. The highest BCUT2D eigenvalue weighted by Gasteiger charge is 2.27. The molecule has 0 unspecified atom stereocenters. The monoisotopic (exact) mass is 450 g/mol. The van der Waals surface area contributed by atoms with Gasteiger partial charge in [-0.1, -0.05) is 13.0 Å². The van der Waals surface area contributed by atoms with Gasteiger partial charge in [-0.05, 0) is 56.5 Å². The van der Waals surface area contributed by atoms with Gasteiger partial charge < -0.3 is 10.6 Å². The van der Waals surface area contributed by atoms with Crippen molar-refractivity contribution < 1.29 is 0 Å². The van der Waals surface area contributed by atoms with Crippen LogP contribution < -0.4 is 10.6 Å². The molecule has 170 valence electrons. The van der Waals surface area contributed by atoms with Gasteiger partial charge in [-0.3, -0.25) is 14.8 Å². The molecule has 1 aliphatic carbocycles. The summed E-state index contributed by atoms with van der Waals surface area (Å²) in [5.74, 6) is 0. The lowest BCUT2D eigenvalue weighted by Crippen LogP contribution is -2.50. The van der Waals surface area contributed by atoms with Crippen LogP contribution in [0.1, 0.15) is 30.3 Å². The summed E-state index contributed by atoms with van der Waals surface area (Å²) in [6.45, 7) is 10.2. The highest BCUT2D eigenvalue weighted by molar-refractivity contribution is 7.15. The van der Waals surface area contributed by atoms with Gasteiger partial charge in [-0.15, -0.1) is 11.3 Å². The van der Waals surface area contributed by atoms with E-state index in [1.165, 1.54) is 41.0 Å². The summed E-state index contributed by atoms with van der Waals surface area (Å²) in [7, 11) is 0. The Bertz CT molecular complexity index is 1040. The first-order valence-corrected chi connectivity index (χ1v) is 12.8. The molecule has 0 saturated carbocycles. The van der Waals surface area contributed by atoms with Gasteiger partial charge in [-0.2, -0.15) is 0 Å². The van der Waals surface area contributed by atoms with Crippen LogP contribution in [0.4, 0.5) is 10.8 Å². The lowest BCUT2D eigenvalue weighted by molar-refractivity contribution is 0.146. The summed E-state index contributed by atoms with van der Waals surface area (Å²) in [6.07, 6.45) is 6.48. The Hall–Kier alpha value is -2.22. The molecule has 1 aliphatic heterocycles. The maximum atomic E-state index is 5.96. The molecule has 2 N–H and O–H groups in total. The fourth-order valence-corrected chi connectivity index (χ4v) is 6.25. The third kappa shape index (κ3) is 4.60. The molecule has 3 aromatic rings. The number of hydrogen-bond acceptors (Lipinski definition) is 7. The second kappa shape index (κ2) is 9.73. The topological polar surface area (TPSA) is 61.5 Å². The Morgan fingerprint density at radius 1 is 1.12 bits per heavy atom. The highest BCUT2D eigenvalue weighted by atomic mass is 32.1. The molecule has 1 fully saturated rings. The molecule has 1 atom stereocenters. The van der Waals surface area contributed by atoms with Crippen molar-refractivity contribution in [3.05, 3.63) is 47.1 Å². The van der Waals surface area contributed by atoms with E-state index in [1.54, 1.807) is 11.3 Å². The Morgan fingerprint density at radius 3 is 2.84 bits per heavy atom. The fraction of sp³-hybridized carbons (Fsp3) is 0.520. The second-order valence-electron chi connectivity index (χ2n) is 9.03. The van der Waals surface area contributed by atoms with Gasteiger partial charge >= 0.3 is 0 Å². The number of nitrogens with two attached hydrogens (primary N) is 1. The molecule has 5 rings (SSSR count). The largest absolute Gasteiger partial charge is 0.375 e. The Balaban J connectivity index is 1.17. The molecular formula is C25H34N6S. The van der Waals surface area contributed by atoms with Crippen molar-refractivity contribution in [2.24, 2.45) is 0 Å². The summed E-state index contributed by atoms with van der Waals surface area (Å²) >= 11 is 1.69. The van der Waals surface area contributed by atoms with Crippen molar-refractivity contribution in [2.45, 2.75) is 38.6 Å². The predicted molar refractivity (Wildman–Crippen MR) is 135 cm³/mol. The molecule has 0 spiro atoms. The first kappa shape index (κ1) is 21.6. The molecule has 32 heavy (non-hydrogen) atoms. The van der Waals surface area contributed by atoms with Gasteiger partial charge in [0.1, 0.15) is 0 Å². The number of nitrogens with zero attached hydrogens (tertiary/aromatic N) is 5. The molecule has 0 bridgehead atoms. The van der Waals surface area contributed by atoms with Crippen LogP contribution in [0.2, 0.25) is 0 Å². The van der Waals surface area contributed by atoms with Crippen LogP contribution in [0.25, 0.3) is 10.9 Å². The van der Waals surface area contributed by atoms with Gasteiger partial charge in [0, 0.05) is 67.5 Å². The lowest BCUT2D eigenvalue weighted by atomic mass is 9.96. The number of benzene rings is 1. The lowest BCUT2D eigenvalue weighted by Gasteiger charge is -2.39. The standard InChI is InChI=1S/C25H34N6S/c1-2-11-30(19-8-9-22-24(18-19)32-25(26)28-22)15-12-29-13-16-31(17-14-29)23-7-3-6-21-20(23)5-4-10-27-21/h3-7,10,19H,2,8-9,11-18H2,1H3,(H2,26,28)/t19-/m0/s1. The van der Waals surface area contributed by atoms with E-state index < -0.39 is 0 Å². The zero-order chi connectivity index (χ0) is 21.9. The second-order valence-corrected chi connectivity index (χ2v) is 10.1. The summed E-state index contributed by atoms with van der Waals surface area (Å²) in [5, 5.41) is 2.00. The number of thiazole rings is 1. The average molecular weight is 451 g/mol. The van der Waals surface area contributed by atoms with E-state index in [0.717, 1.165) is 62.8 Å². The number of rotatable bonds is 7. The molecule has 1 saturated heterocycles. The minimum Gasteiger partial charge on any atom is -0.375 e. The molecule has 2 aromatic heterocycles. The number of fused-ring (bicyclic) bond motifs is 2. The fourth-order valence-electron chi connectivity index (χ4n) is 5.30. The Morgan fingerprint density at radius 2 is 2.00 bits per heavy atom. The van der Waals surface area contributed by atoms with Gasteiger partial charge in [-0.25, -0.2) is 4.98 Å². The van der Waals surface area contributed by atoms with E-state index in [4.69, 9.17) is 5.73 Å². The third-order valence-corrected chi connectivity index (χ3v) is 7.95. The van der Waals surface area contributed by atoms with Crippen LogP contribution in [-0.2, 0) is 12.8 Å². The number of aromatic nitrogens is 2. The van der Waals surface area contributed by atoms with Crippen molar-refractivity contribution in [1.82, 2.24) is 19.8 Å². The number of pyridine rings is 1. The average Bonchev–Trinajstić information content (AvgIpc) is 3.21. The maximum absolute atomic E-state index is 5.96. The molecule has 0 amide bonds. The molecule has 7 heteroatoms. The minimum absolute atomic E-state index is 0.631. The number of hydrogen-bond donors (Lipinski definition) is 1. The predicted octanol–water partition coefficient (Wildman–Crippen LogP) is 3.67. The maximum Gasteiger partial charge on any atom is 0.180 e. The Labute approximate surface area is 195 Å². The quantitative estimate of drug-likeness (QED) is 0.593. The SMILES string of the molecule is CCCN(CCN1CCN(c2cccc3ncccc23)CC1)[C@H]1CCc2nc(N)sc2C1.